The van der Waals surface area contributed by atoms with Crippen LogP contribution in [0.1, 0.15) is 88.5 Å². The molecular formula is C20H43N. The molecule has 2 atom stereocenters. The number of rotatable bonds is 9. The molecule has 0 heterocycles. The topological polar surface area (TPSA) is 3.24 Å². The molecule has 0 aliphatic rings. The quantitative estimate of drug-likeness (QED) is 0.487. The molecule has 128 valence electrons. The lowest BCUT2D eigenvalue weighted by molar-refractivity contribution is 0.0679. The molecule has 0 aromatic carbocycles. The molecule has 0 rings (SSSR count). The standard InChI is InChI=1S/C20H43N/c1-11-17(5)18(13-16(3)4)14-20(9,10)15-21(12-2)19(6,7)8/h16-18H,11-15H2,1-10H3. The minimum absolute atomic E-state index is 0.274. The van der Waals surface area contributed by atoms with E-state index in [9.17, 15) is 0 Å². The van der Waals surface area contributed by atoms with Crippen LogP contribution in [0.25, 0.3) is 0 Å². The van der Waals surface area contributed by atoms with Gasteiger partial charge in [0.1, 0.15) is 0 Å². The van der Waals surface area contributed by atoms with Gasteiger partial charge < -0.3 is 0 Å². The van der Waals surface area contributed by atoms with Gasteiger partial charge in [0, 0.05) is 12.1 Å². The van der Waals surface area contributed by atoms with Crippen molar-refractivity contribution in [2.45, 2.75) is 94.0 Å². The summed E-state index contributed by atoms with van der Waals surface area (Å²) in [7, 11) is 0. The van der Waals surface area contributed by atoms with Crippen molar-refractivity contribution >= 4 is 0 Å². The van der Waals surface area contributed by atoms with Crippen LogP contribution in [0.2, 0.25) is 0 Å². The molecule has 0 aliphatic heterocycles. The molecule has 0 fully saturated rings. The van der Waals surface area contributed by atoms with Crippen molar-refractivity contribution in [3.05, 3.63) is 0 Å². The summed E-state index contributed by atoms with van der Waals surface area (Å²) in [6, 6.07) is 0. The highest BCUT2D eigenvalue weighted by molar-refractivity contribution is 4.84. The zero-order chi connectivity index (χ0) is 16.8. The fourth-order valence-electron chi connectivity index (χ4n) is 3.57. The van der Waals surface area contributed by atoms with Crippen LogP contribution in [0.5, 0.6) is 0 Å². The maximum Gasteiger partial charge on any atom is 0.0125 e. The van der Waals surface area contributed by atoms with Gasteiger partial charge in [0.25, 0.3) is 0 Å². The second-order valence-electron chi connectivity index (χ2n) is 9.33. The zero-order valence-corrected chi connectivity index (χ0v) is 16.7. The first-order valence-corrected chi connectivity index (χ1v) is 9.18. The second kappa shape index (κ2) is 8.56. The van der Waals surface area contributed by atoms with Gasteiger partial charge in [-0.2, -0.15) is 0 Å². The van der Waals surface area contributed by atoms with E-state index in [2.05, 4.69) is 74.1 Å². The van der Waals surface area contributed by atoms with Gasteiger partial charge in [-0.25, -0.2) is 0 Å². The fraction of sp³-hybridized carbons (Fsp3) is 1.00. The summed E-state index contributed by atoms with van der Waals surface area (Å²) in [5, 5.41) is 0. The van der Waals surface area contributed by atoms with Gasteiger partial charge in [-0.3, -0.25) is 4.90 Å². The zero-order valence-electron chi connectivity index (χ0n) is 16.7. The summed E-state index contributed by atoms with van der Waals surface area (Å²) >= 11 is 0. The van der Waals surface area contributed by atoms with Crippen molar-refractivity contribution in [2.75, 3.05) is 13.1 Å². The number of nitrogens with zero attached hydrogens (tertiary/aromatic N) is 1. The summed E-state index contributed by atoms with van der Waals surface area (Å²) in [4.78, 5) is 2.63. The largest absolute Gasteiger partial charge is 0.298 e. The summed E-state index contributed by atoms with van der Waals surface area (Å²) < 4.78 is 0. The first kappa shape index (κ1) is 21.0. The number of hydrogen-bond acceptors (Lipinski definition) is 1. The Morgan fingerprint density at radius 3 is 1.76 bits per heavy atom. The third-order valence-corrected chi connectivity index (χ3v) is 4.99. The highest BCUT2D eigenvalue weighted by Crippen LogP contribution is 2.36. The molecule has 0 aromatic heterocycles. The van der Waals surface area contributed by atoms with Crippen LogP contribution in [-0.4, -0.2) is 23.5 Å². The van der Waals surface area contributed by atoms with Gasteiger partial charge in [-0.15, -0.1) is 0 Å². The molecule has 2 unspecified atom stereocenters. The van der Waals surface area contributed by atoms with Crippen LogP contribution in [0.3, 0.4) is 0 Å². The van der Waals surface area contributed by atoms with Crippen molar-refractivity contribution in [3.63, 3.8) is 0 Å². The summed E-state index contributed by atoms with van der Waals surface area (Å²) in [6.45, 7) is 26.1. The SMILES string of the molecule is CCC(C)C(CC(C)C)CC(C)(C)CN(CC)C(C)(C)C. The van der Waals surface area contributed by atoms with Gasteiger partial charge in [0.05, 0.1) is 0 Å². The van der Waals surface area contributed by atoms with Crippen LogP contribution in [0.4, 0.5) is 0 Å². The molecule has 0 bridgehead atoms. The molecule has 0 radical (unpaired) electrons. The smallest absolute Gasteiger partial charge is 0.0125 e. The predicted octanol–water partition coefficient (Wildman–Crippen LogP) is 6.23. The van der Waals surface area contributed by atoms with Crippen LogP contribution in [0.15, 0.2) is 0 Å². The fourth-order valence-corrected chi connectivity index (χ4v) is 3.57. The van der Waals surface area contributed by atoms with E-state index in [0.29, 0.717) is 5.41 Å². The van der Waals surface area contributed by atoms with Gasteiger partial charge in [-0.1, -0.05) is 54.9 Å². The van der Waals surface area contributed by atoms with E-state index >= 15 is 0 Å². The molecule has 1 heteroatoms. The first-order chi connectivity index (χ1) is 9.42. The third-order valence-electron chi connectivity index (χ3n) is 4.99. The molecule has 0 N–H and O–H groups in total. The summed E-state index contributed by atoms with van der Waals surface area (Å²) in [5.41, 5.74) is 0.669. The first-order valence-electron chi connectivity index (χ1n) is 9.18. The Morgan fingerprint density at radius 1 is 0.905 bits per heavy atom. The molecule has 0 saturated heterocycles. The Bertz CT molecular complexity index is 272. The molecule has 0 aliphatic carbocycles. The summed E-state index contributed by atoms with van der Waals surface area (Å²) in [5.74, 6) is 2.52. The van der Waals surface area contributed by atoms with E-state index in [0.717, 1.165) is 24.3 Å². The second-order valence-corrected chi connectivity index (χ2v) is 9.33. The predicted molar refractivity (Wildman–Crippen MR) is 97.8 cm³/mol. The molecule has 0 amide bonds. The van der Waals surface area contributed by atoms with Crippen molar-refractivity contribution in [1.82, 2.24) is 4.90 Å². The molecule has 0 saturated carbocycles. The third kappa shape index (κ3) is 8.24. The van der Waals surface area contributed by atoms with E-state index < -0.39 is 0 Å². The van der Waals surface area contributed by atoms with E-state index in [4.69, 9.17) is 0 Å². The highest BCUT2D eigenvalue weighted by Gasteiger charge is 2.31. The maximum absolute atomic E-state index is 2.63. The van der Waals surface area contributed by atoms with Gasteiger partial charge >= 0.3 is 0 Å². The Balaban J connectivity index is 4.87. The normalized spacial score (nSPS) is 16.6. The molecule has 0 spiro atoms. The van der Waals surface area contributed by atoms with Crippen molar-refractivity contribution in [3.8, 4) is 0 Å². The minimum atomic E-state index is 0.274. The lowest BCUT2D eigenvalue weighted by Gasteiger charge is -2.42. The Morgan fingerprint density at radius 2 is 1.43 bits per heavy atom. The van der Waals surface area contributed by atoms with E-state index in [1.165, 1.54) is 25.8 Å². The van der Waals surface area contributed by atoms with Crippen molar-refractivity contribution < 1.29 is 0 Å². The van der Waals surface area contributed by atoms with E-state index in [-0.39, 0.29) is 5.54 Å². The molecule has 21 heavy (non-hydrogen) atoms. The summed E-state index contributed by atoms with van der Waals surface area (Å²) in [6.07, 6.45) is 4.04. The number of hydrogen-bond donors (Lipinski definition) is 0. The lowest BCUT2D eigenvalue weighted by Crippen LogP contribution is -2.46. The van der Waals surface area contributed by atoms with Crippen molar-refractivity contribution in [2.24, 2.45) is 23.2 Å². The van der Waals surface area contributed by atoms with Crippen LogP contribution < -0.4 is 0 Å². The van der Waals surface area contributed by atoms with Crippen LogP contribution in [0, 0.1) is 23.2 Å². The molecule has 0 aromatic rings. The van der Waals surface area contributed by atoms with Crippen LogP contribution in [-0.2, 0) is 0 Å². The Labute approximate surface area is 135 Å². The monoisotopic (exact) mass is 297 g/mol. The molecule has 1 nitrogen and oxygen atoms in total. The minimum Gasteiger partial charge on any atom is -0.298 e. The van der Waals surface area contributed by atoms with Crippen molar-refractivity contribution in [1.29, 1.82) is 0 Å². The average Bonchev–Trinajstić information content (AvgIpc) is 2.31. The van der Waals surface area contributed by atoms with Gasteiger partial charge in [0.15, 0.2) is 0 Å². The maximum atomic E-state index is 2.63. The van der Waals surface area contributed by atoms with Gasteiger partial charge in [0.2, 0.25) is 0 Å². The Hall–Kier alpha value is -0.0400. The lowest BCUT2D eigenvalue weighted by atomic mass is 9.73. The average molecular weight is 298 g/mol. The Kier molecular flexibility index (Phi) is 8.54. The van der Waals surface area contributed by atoms with E-state index in [1.807, 2.05) is 0 Å². The van der Waals surface area contributed by atoms with Crippen LogP contribution >= 0.6 is 0 Å². The molecular weight excluding hydrogens is 254 g/mol. The highest BCUT2D eigenvalue weighted by atomic mass is 15.2. The van der Waals surface area contributed by atoms with E-state index in [1.54, 1.807) is 0 Å². The van der Waals surface area contributed by atoms with Gasteiger partial charge in [-0.05, 0) is 63.3 Å².